The molecule has 1 heterocycles. The van der Waals surface area contributed by atoms with Crippen LogP contribution in [0.2, 0.25) is 0 Å². The van der Waals surface area contributed by atoms with Crippen molar-refractivity contribution in [1.82, 2.24) is 10.2 Å². The van der Waals surface area contributed by atoms with Crippen LogP contribution in [0.5, 0.6) is 5.75 Å². The van der Waals surface area contributed by atoms with E-state index in [0.29, 0.717) is 17.3 Å². The quantitative estimate of drug-likeness (QED) is 0.690. The van der Waals surface area contributed by atoms with Crippen LogP contribution in [0, 0.1) is 13.8 Å². The van der Waals surface area contributed by atoms with Crippen molar-refractivity contribution in [1.29, 1.82) is 0 Å². The molecule has 1 aromatic heterocycles. The van der Waals surface area contributed by atoms with Gasteiger partial charge in [-0.2, -0.15) is 0 Å². The van der Waals surface area contributed by atoms with E-state index in [4.69, 9.17) is 4.74 Å². The predicted molar refractivity (Wildman–Crippen MR) is 105 cm³/mol. The molecule has 0 saturated heterocycles. The highest BCUT2D eigenvalue weighted by atomic mass is 32.1. The van der Waals surface area contributed by atoms with E-state index in [-0.39, 0.29) is 5.91 Å². The van der Waals surface area contributed by atoms with Crippen LogP contribution >= 0.6 is 11.3 Å². The van der Waals surface area contributed by atoms with Gasteiger partial charge < -0.3 is 4.74 Å². The molecule has 0 fully saturated rings. The molecule has 1 amide bonds. The highest BCUT2D eigenvalue weighted by Gasteiger charge is 2.20. The first-order valence-corrected chi connectivity index (χ1v) is 9.32. The summed E-state index contributed by atoms with van der Waals surface area (Å²) in [5, 5.41) is 12.3. The number of aryl methyl sites for hydroxylation is 2. The van der Waals surface area contributed by atoms with E-state index in [0.717, 1.165) is 16.1 Å². The van der Waals surface area contributed by atoms with Crippen LogP contribution < -0.4 is 10.1 Å². The summed E-state index contributed by atoms with van der Waals surface area (Å²) in [6, 6.07) is 15.6. The van der Waals surface area contributed by atoms with Gasteiger partial charge in [0.1, 0.15) is 10.8 Å². The largest absolute Gasteiger partial charge is 0.481 e. The minimum absolute atomic E-state index is 0.221. The monoisotopic (exact) mass is 367 g/mol. The zero-order chi connectivity index (χ0) is 18.5. The van der Waals surface area contributed by atoms with Crippen LogP contribution in [0.1, 0.15) is 24.5 Å². The van der Waals surface area contributed by atoms with E-state index >= 15 is 0 Å². The smallest absolute Gasteiger partial charge is 0.267 e. The molecule has 0 unspecified atom stereocenters. The third kappa shape index (κ3) is 4.26. The zero-order valence-corrected chi connectivity index (χ0v) is 15.8. The topological polar surface area (TPSA) is 64.1 Å². The highest BCUT2D eigenvalue weighted by molar-refractivity contribution is 7.18. The molecule has 0 aliphatic rings. The van der Waals surface area contributed by atoms with Crippen LogP contribution in [0.4, 0.5) is 5.13 Å². The minimum atomic E-state index is -0.582. The van der Waals surface area contributed by atoms with Crippen molar-refractivity contribution >= 4 is 22.4 Å². The summed E-state index contributed by atoms with van der Waals surface area (Å²) in [4.78, 5) is 12.5. The summed E-state index contributed by atoms with van der Waals surface area (Å²) in [6.07, 6.45) is -0.0236. The van der Waals surface area contributed by atoms with E-state index in [1.54, 1.807) is 0 Å². The zero-order valence-electron chi connectivity index (χ0n) is 15.0. The first-order valence-electron chi connectivity index (χ1n) is 8.50. The molecule has 5 nitrogen and oxygen atoms in total. The molecule has 3 aromatic rings. The van der Waals surface area contributed by atoms with Gasteiger partial charge in [-0.1, -0.05) is 54.7 Å². The Morgan fingerprint density at radius 2 is 1.88 bits per heavy atom. The van der Waals surface area contributed by atoms with Gasteiger partial charge in [0, 0.05) is 5.56 Å². The van der Waals surface area contributed by atoms with Gasteiger partial charge in [-0.3, -0.25) is 10.1 Å². The van der Waals surface area contributed by atoms with Crippen LogP contribution in [0.3, 0.4) is 0 Å². The lowest BCUT2D eigenvalue weighted by Gasteiger charge is -2.17. The maximum absolute atomic E-state index is 12.5. The number of rotatable bonds is 6. The Balaban J connectivity index is 1.67. The second-order valence-electron chi connectivity index (χ2n) is 6.03. The molecular formula is C20H21N3O2S. The number of carbonyl (C=O) groups is 1. The second kappa shape index (κ2) is 8.10. The Hall–Kier alpha value is -2.73. The molecule has 0 aliphatic heterocycles. The summed E-state index contributed by atoms with van der Waals surface area (Å²) in [7, 11) is 0. The Bertz CT molecular complexity index is 893. The number of carbonyl (C=O) groups excluding carboxylic acids is 1. The van der Waals surface area contributed by atoms with Gasteiger partial charge in [0.05, 0.1) is 0 Å². The van der Waals surface area contributed by atoms with Crippen LogP contribution in [0.15, 0.2) is 48.5 Å². The summed E-state index contributed by atoms with van der Waals surface area (Å²) in [5.74, 6) is 0.471. The molecule has 26 heavy (non-hydrogen) atoms. The third-order valence-electron chi connectivity index (χ3n) is 4.10. The SMILES string of the molecule is CC[C@@H](Oc1ccc(C)c(C)c1)C(=O)Nc1nnc(-c2ccccc2)s1. The van der Waals surface area contributed by atoms with Crippen molar-refractivity contribution in [2.45, 2.75) is 33.3 Å². The lowest BCUT2D eigenvalue weighted by atomic mass is 10.1. The van der Waals surface area contributed by atoms with Crippen molar-refractivity contribution in [3.63, 3.8) is 0 Å². The number of nitrogens with one attached hydrogen (secondary N) is 1. The molecule has 1 atom stereocenters. The van der Waals surface area contributed by atoms with Crippen molar-refractivity contribution in [3.05, 3.63) is 59.7 Å². The van der Waals surface area contributed by atoms with Gasteiger partial charge >= 0.3 is 0 Å². The van der Waals surface area contributed by atoms with Crippen LogP contribution in [-0.2, 0) is 4.79 Å². The molecule has 1 N–H and O–H groups in total. The number of ether oxygens (including phenoxy) is 1. The van der Waals surface area contributed by atoms with Gasteiger partial charge in [0.25, 0.3) is 5.91 Å². The van der Waals surface area contributed by atoms with Gasteiger partial charge in [0.2, 0.25) is 5.13 Å². The van der Waals surface area contributed by atoms with E-state index < -0.39 is 6.10 Å². The lowest BCUT2D eigenvalue weighted by Crippen LogP contribution is -2.32. The Labute approximate surface area is 157 Å². The summed E-state index contributed by atoms with van der Waals surface area (Å²) >= 11 is 1.34. The predicted octanol–water partition coefficient (Wildman–Crippen LogP) is 4.62. The summed E-state index contributed by atoms with van der Waals surface area (Å²) in [6.45, 7) is 5.99. The van der Waals surface area contributed by atoms with E-state index in [9.17, 15) is 4.79 Å². The molecule has 3 rings (SSSR count). The fraction of sp³-hybridized carbons (Fsp3) is 0.250. The second-order valence-corrected chi connectivity index (χ2v) is 7.01. The molecule has 0 radical (unpaired) electrons. The normalized spacial score (nSPS) is 11.8. The first kappa shape index (κ1) is 18.1. The van der Waals surface area contributed by atoms with Crippen LogP contribution in [-0.4, -0.2) is 22.2 Å². The average molecular weight is 367 g/mol. The number of aromatic nitrogens is 2. The van der Waals surface area contributed by atoms with Gasteiger partial charge in [0.15, 0.2) is 6.10 Å². The average Bonchev–Trinajstić information content (AvgIpc) is 3.11. The number of anilines is 1. The Morgan fingerprint density at radius 3 is 2.58 bits per heavy atom. The van der Waals surface area contributed by atoms with E-state index in [2.05, 4.69) is 15.5 Å². The van der Waals surface area contributed by atoms with E-state index in [1.165, 1.54) is 16.9 Å². The number of benzene rings is 2. The molecule has 0 bridgehead atoms. The molecule has 134 valence electrons. The molecular weight excluding hydrogens is 346 g/mol. The molecule has 2 aromatic carbocycles. The number of amides is 1. The van der Waals surface area contributed by atoms with Gasteiger partial charge in [-0.15, -0.1) is 10.2 Å². The molecule has 0 spiro atoms. The lowest BCUT2D eigenvalue weighted by molar-refractivity contribution is -0.122. The fourth-order valence-corrected chi connectivity index (χ4v) is 3.18. The van der Waals surface area contributed by atoms with Crippen molar-refractivity contribution in [3.8, 4) is 16.3 Å². The van der Waals surface area contributed by atoms with Crippen molar-refractivity contribution in [2.75, 3.05) is 5.32 Å². The Morgan fingerprint density at radius 1 is 1.12 bits per heavy atom. The van der Waals surface area contributed by atoms with Crippen molar-refractivity contribution in [2.24, 2.45) is 0 Å². The molecule has 6 heteroatoms. The summed E-state index contributed by atoms with van der Waals surface area (Å²) < 4.78 is 5.87. The maximum Gasteiger partial charge on any atom is 0.267 e. The summed E-state index contributed by atoms with van der Waals surface area (Å²) in [5.41, 5.74) is 3.30. The number of hydrogen-bond donors (Lipinski definition) is 1. The van der Waals surface area contributed by atoms with Crippen LogP contribution in [0.25, 0.3) is 10.6 Å². The standard InChI is InChI=1S/C20H21N3O2S/c1-4-17(25-16-11-10-13(2)14(3)12-16)18(24)21-20-23-22-19(26-20)15-8-6-5-7-9-15/h5-12,17H,4H2,1-3H3,(H,21,23,24)/t17-/m1/s1. The fourth-order valence-electron chi connectivity index (χ4n) is 2.43. The number of hydrogen-bond acceptors (Lipinski definition) is 5. The number of nitrogens with zero attached hydrogens (tertiary/aromatic N) is 2. The third-order valence-corrected chi connectivity index (χ3v) is 4.98. The highest BCUT2D eigenvalue weighted by Crippen LogP contribution is 2.26. The molecule has 0 aliphatic carbocycles. The first-order chi connectivity index (χ1) is 12.6. The van der Waals surface area contributed by atoms with Gasteiger partial charge in [-0.05, 0) is 43.5 Å². The van der Waals surface area contributed by atoms with Gasteiger partial charge in [-0.25, -0.2) is 0 Å². The minimum Gasteiger partial charge on any atom is -0.481 e. The molecule has 0 saturated carbocycles. The van der Waals surface area contributed by atoms with E-state index in [1.807, 2.05) is 69.3 Å². The Kier molecular flexibility index (Phi) is 5.63. The maximum atomic E-state index is 12.5. The van der Waals surface area contributed by atoms with Crippen molar-refractivity contribution < 1.29 is 9.53 Å².